The number of hydrogen-bond donors (Lipinski definition) is 0. The van der Waals surface area contributed by atoms with Crippen LogP contribution in [0.15, 0.2) is 53.9 Å². The van der Waals surface area contributed by atoms with Gasteiger partial charge in [-0.15, -0.1) is 0 Å². The molecule has 27 heavy (non-hydrogen) atoms. The number of nitrogens with zero attached hydrogens (tertiary/aromatic N) is 1. The van der Waals surface area contributed by atoms with Crippen LogP contribution in [-0.2, 0) is 14.6 Å². The third-order valence-electron chi connectivity index (χ3n) is 3.84. The molecule has 0 aromatic heterocycles. The predicted octanol–water partition coefficient (Wildman–Crippen LogP) is 4.37. The maximum Gasteiger partial charge on any atom is 0.265 e. The van der Waals surface area contributed by atoms with Crippen LogP contribution >= 0.6 is 34.8 Å². The summed E-state index contributed by atoms with van der Waals surface area (Å²) in [5.41, 5.74) is 0.477. The average molecular weight is 447 g/mol. The molecule has 1 atom stereocenters. The second kappa shape index (κ2) is 8.10. The molecule has 0 aliphatic carbocycles. The Morgan fingerprint density at radius 2 is 1.85 bits per heavy atom. The zero-order valence-corrected chi connectivity index (χ0v) is 16.9. The topological polar surface area (TPSA) is 63.7 Å². The van der Waals surface area contributed by atoms with Crippen molar-refractivity contribution >= 4 is 56.2 Å². The minimum Gasteiger partial charge on any atom is -0.482 e. The van der Waals surface area contributed by atoms with E-state index < -0.39 is 21.8 Å². The first-order valence-electron chi connectivity index (χ1n) is 7.81. The lowest BCUT2D eigenvalue weighted by Gasteiger charge is -2.28. The van der Waals surface area contributed by atoms with Crippen LogP contribution in [0.1, 0.15) is 0 Å². The summed E-state index contributed by atoms with van der Waals surface area (Å²) in [5.74, 6) is -0.336. The van der Waals surface area contributed by atoms with Gasteiger partial charge in [-0.1, -0.05) is 40.9 Å². The summed E-state index contributed by atoms with van der Waals surface area (Å²) in [6, 6.07) is 10.6. The van der Waals surface area contributed by atoms with E-state index in [2.05, 4.69) is 0 Å². The van der Waals surface area contributed by atoms with E-state index in [4.69, 9.17) is 39.5 Å². The van der Waals surface area contributed by atoms with Gasteiger partial charge in [0.2, 0.25) is 0 Å². The lowest BCUT2D eigenvalue weighted by Crippen LogP contribution is -2.43. The van der Waals surface area contributed by atoms with Gasteiger partial charge in [0.15, 0.2) is 16.4 Å². The summed E-state index contributed by atoms with van der Waals surface area (Å²) >= 11 is 17.9. The van der Waals surface area contributed by atoms with E-state index in [1.165, 1.54) is 17.0 Å². The van der Waals surface area contributed by atoms with Crippen molar-refractivity contribution in [3.63, 3.8) is 0 Å². The van der Waals surface area contributed by atoms with Gasteiger partial charge < -0.3 is 9.64 Å². The van der Waals surface area contributed by atoms with Crippen molar-refractivity contribution in [3.05, 3.63) is 69.0 Å². The smallest absolute Gasteiger partial charge is 0.265 e. The maximum atomic E-state index is 12.9. The third kappa shape index (κ3) is 4.96. The number of benzene rings is 2. The lowest BCUT2D eigenvalue weighted by molar-refractivity contribution is -0.120. The van der Waals surface area contributed by atoms with Crippen molar-refractivity contribution in [2.75, 3.05) is 17.3 Å². The number of halogens is 3. The van der Waals surface area contributed by atoms with Gasteiger partial charge in [0, 0.05) is 21.1 Å². The van der Waals surface area contributed by atoms with Crippen LogP contribution in [0, 0.1) is 0 Å². The molecule has 0 saturated carbocycles. The molecule has 0 radical (unpaired) electrons. The van der Waals surface area contributed by atoms with E-state index in [1.54, 1.807) is 36.4 Å². The molecule has 2 aromatic rings. The Hall–Kier alpha value is -1.73. The molecule has 3 rings (SSSR count). The van der Waals surface area contributed by atoms with Crippen molar-refractivity contribution in [2.24, 2.45) is 0 Å². The van der Waals surface area contributed by atoms with Crippen LogP contribution in [0.5, 0.6) is 5.75 Å². The van der Waals surface area contributed by atoms with Crippen molar-refractivity contribution in [1.29, 1.82) is 0 Å². The number of sulfone groups is 1. The van der Waals surface area contributed by atoms with Gasteiger partial charge >= 0.3 is 0 Å². The second-order valence-electron chi connectivity index (χ2n) is 5.83. The Labute approximate surface area is 172 Å². The van der Waals surface area contributed by atoms with Gasteiger partial charge in [0.05, 0.1) is 16.8 Å². The molecular formula is C18H14Cl3NO4S. The van der Waals surface area contributed by atoms with Crippen molar-refractivity contribution in [2.45, 2.75) is 6.04 Å². The Morgan fingerprint density at radius 3 is 2.48 bits per heavy atom. The van der Waals surface area contributed by atoms with Gasteiger partial charge in [0.1, 0.15) is 5.75 Å². The zero-order chi connectivity index (χ0) is 19.6. The van der Waals surface area contributed by atoms with E-state index in [0.29, 0.717) is 21.5 Å². The minimum absolute atomic E-state index is 0.201. The third-order valence-corrected chi connectivity index (χ3v) is 5.99. The van der Waals surface area contributed by atoms with Crippen LogP contribution in [-0.4, -0.2) is 32.7 Å². The van der Waals surface area contributed by atoms with Crippen LogP contribution in [0.3, 0.4) is 0 Å². The average Bonchev–Trinajstić information content (AvgIpc) is 2.94. The van der Waals surface area contributed by atoms with Gasteiger partial charge in [-0.25, -0.2) is 8.42 Å². The molecule has 1 unspecified atom stereocenters. The summed E-state index contributed by atoms with van der Waals surface area (Å²) < 4.78 is 29.1. The molecule has 2 aromatic carbocycles. The minimum atomic E-state index is -3.35. The molecular weight excluding hydrogens is 433 g/mol. The van der Waals surface area contributed by atoms with Gasteiger partial charge in [0.25, 0.3) is 5.91 Å². The first-order valence-corrected chi connectivity index (χ1v) is 10.7. The maximum absolute atomic E-state index is 12.9. The molecule has 5 nitrogen and oxygen atoms in total. The largest absolute Gasteiger partial charge is 0.482 e. The highest BCUT2D eigenvalue weighted by Gasteiger charge is 2.31. The summed E-state index contributed by atoms with van der Waals surface area (Å²) in [6.07, 6.45) is 1.48. The predicted molar refractivity (Wildman–Crippen MR) is 108 cm³/mol. The first-order chi connectivity index (χ1) is 12.7. The molecule has 1 aliphatic rings. The van der Waals surface area contributed by atoms with Crippen LogP contribution in [0.25, 0.3) is 0 Å². The summed E-state index contributed by atoms with van der Waals surface area (Å²) in [5, 5.41) is 2.25. The molecule has 1 heterocycles. The van der Waals surface area contributed by atoms with Crippen molar-refractivity contribution < 1.29 is 17.9 Å². The number of ether oxygens (including phenoxy) is 1. The highest BCUT2D eigenvalue weighted by atomic mass is 35.5. The zero-order valence-electron chi connectivity index (χ0n) is 13.8. The van der Waals surface area contributed by atoms with E-state index in [0.717, 1.165) is 5.41 Å². The molecule has 0 bridgehead atoms. The van der Waals surface area contributed by atoms with E-state index in [-0.39, 0.29) is 17.4 Å². The van der Waals surface area contributed by atoms with Crippen LogP contribution in [0.4, 0.5) is 5.69 Å². The molecule has 0 N–H and O–H groups in total. The van der Waals surface area contributed by atoms with E-state index >= 15 is 0 Å². The fourth-order valence-electron chi connectivity index (χ4n) is 2.67. The molecule has 142 valence electrons. The van der Waals surface area contributed by atoms with E-state index in [1.807, 2.05) is 0 Å². The molecule has 0 saturated heterocycles. The summed E-state index contributed by atoms with van der Waals surface area (Å²) in [4.78, 5) is 14.2. The summed E-state index contributed by atoms with van der Waals surface area (Å²) in [6.45, 7) is -0.335. The number of rotatable bonds is 5. The fraction of sp³-hybridized carbons (Fsp3) is 0.167. The quantitative estimate of drug-likeness (QED) is 0.684. The Bertz CT molecular complexity index is 1010. The van der Waals surface area contributed by atoms with Gasteiger partial charge in [-0.2, -0.15) is 0 Å². The molecule has 1 aliphatic heterocycles. The molecule has 0 fully saturated rings. The number of carbonyl (C=O) groups excluding carboxylic acids is 1. The van der Waals surface area contributed by atoms with Gasteiger partial charge in [-0.3, -0.25) is 4.79 Å². The van der Waals surface area contributed by atoms with Crippen molar-refractivity contribution in [3.8, 4) is 5.75 Å². The fourth-order valence-corrected chi connectivity index (χ4v) is 4.58. The highest BCUT2D eigenvalue weighted by Crippen LogP contribution is 2.29. The number of anilines is 1. The van der Waals surface area contributed by atoms with Gasteiger partial charge in [-0.05, 0) is 42.5 Å². The Kier molecular flexibility index (Phi) is 6.01. The van der Waals surface area contributed by atoms with Crippen LogP contribution in [0.2, 0.25) is 15.1 Å². The van der Waals surface area contributed by atoms with Crippen LogP contribution < -0.4 is 9.64 Å². The number of hydrogen-bond acceptors (Lipinski definition) is 4. The first kappa shape index (κ1) is 20.0. The summed E-state index contributed by atoms with van der Waals surface area (Å²) in [7, 11) is -3.35. The standard InChI is InChI=1S/C18H14Cl3NO4S/c19-12-2-1-3-14(8-12)22(15-6-7-27(24,25)11-15)18(23)10-26-17-5-4-13(20)9-16(17)21/h1-9,15H,10-11H2. The highest BCUT2D eigenvalue weighted by molar-refractivity contribution is 7.94. The monoisotopic (exact) mass is 445 g/mol. The van der Waals surface area contributed by atoms with Crippen molar-refractivity contribution in [1.82, 2.24) is 0 Å². The number of carbonyl (C=O) groups is 1. The normalized spacial score (nSPS) is 17.7. The molecule has 1 amide bonds. The Morgan fingerprint density at radius 1 is 1.11 bits per heavy atom. The number of amides is 1. The molecule has 0 spiro atoms. The SMILES string of the molecule is O=C(COc1ccc(Cl)cc1Cl)N(c1cccc(Cl)c1)C1C=CS(=O)(=O)C1. The molecule has 9 heteroatoms. The second-order valence-corrected chi connectivity index (χ2v) is 9.04. The Balaban J connectivity index is 1.84. The van der Waals surface area contributed by atoms with E-state index in [9.17, 15) is 13.2 Å². The lowest BCUT2D eigenvalue weighted by atomic mass is 10.2.